The summed E-state index contributed by atoms with van der Waals surface area (Å²) in [5.74, 6) is -0.315. The summed E-state index contributed by atoms with van der Waals surface area (Å²) in [6, 6.07) is -0.581. The minimum Gasteiger partial charge on any atom is -0.394 e. The molecule has 0 aliphatic carbocycles. The average molecular weight is 272 g/mol. The summed E-state index contributed by atoms with van der Waals surface area (Å²) >= 11 is 0. The van der Waals surface area contributed by atoms with Crippen LogP contribution in [0.5, 0.6) is 0 Å². The van der Waals surface area contributed by atoms with Crippen molar-refractivity contribution in [2.75, 3.05) is 19.8 Å². The van der Waals surface area contributed by atoms with Gasteiger partial charge in [0.05, 0.1) is 25.4 Å². The van der Waals surface area contributed by atoms with E-state index in [0.717, 1.165) is 0 Å². The number of morpholine rings is 1. The van der Waals surface area contributed by atoms with E-state index >= 15 is 0 Å². The zero-order valence-corrected chi connectivity index (χ0v) is 12.0. The van der Waals surface area contributed by atoms with Crippen LogP contribution in [0.15, 0.2) is 0 Å². The molecule has 2 N–H and O–H groups in total. The number of hydrogen-bond acceptors (Lipinski definition) is 4. The van der Waals surface area contributed by atoms with Gasteiger partial charge in [0, 0.05) is 13.5 Å². The van der Waals surface area contributed by atoms with Crippen molar-refractivity contribution in [1.82, 2.24) is 10.2 Å². The molecule has 0 bridgehead atoms. The number of aliphatic hydroxyl groups excluding tert-OH is 1. The molecule has 1 rings (SSSR count). The fourth-order valence-electron chi connectivity index (χ4n) is 2.15. The Kier molecular flexibility index (Phi) is 5.75. The first-order valence-electron chi connectivity index (χ1n) is 6.66. The SMILES string of the molecule is CC(=O)NC(C(=O)N1CC(CO)OCC1C)C(C)C. The molecule has 0 radical (unpaired) electrons. The average Bonchev–Trinajstić information content (AvgIpc) is 2.35. The van der Waals surface area contributed by atoms with Gasteiger partial charge in [-0.15, -0.1) is 0 Å². The quantitative estimate of drug-likeness (QED) is 0.740. The molecule has 0 aromatic carbocycles. The molecule has 0 aromatic heterocycles. The third kappa shape index (κ3) is 4.18. The van der Waals surface area contributed by atoms with Gasteiger partial charge in [-0.25, -0.2) is 0 Å². The molecule has 6 heteroatoms. The summed E-state index contributed by atoms with van der Waals surface area (Å²) in [7, 11) is 0. The highest BCUT2D eigenvalue weighted by Gasteiger charge is 2.34. The van der Waals surface area contributed by atoms with Crippen molar-refractivity contribution in [3.05, 3.63) is 0 Å². The Balaban J connectivity index is 2.79. The number of hydrogen-bond donors (Lipinski definition) is 2. The van der Waals surface area contributed by atoms with Crippen LogP contribution in [0.3, 0.4) is 0 Å². The van der Waals surface area contributed by atoms with Crippen LogP contribution in [-0.4, -0.2) is 59.8 Å². The molecule has 3 atom stereocenters. The zero-order chi connectivity index (χ0) is 14.6. The second-order valence-corrected chi connectivity index (χ2v) is 5.40. The number of nitrogens with zero attached hydrogens (tertiary/aromatic N) is 1. The van der Waals surface area contributed by atoms with Crippen molar-refractivity contribution in [1.29, 1.82) is 0 Å². The number of nitrogens with one attached hydrogen (secondary N) is 1. The molecule has 1 aliphatic rings. The summed E-state index contributed by atoms with van der Waals surface area (Å²) in [6.07, 6.45) is -0.342. The minimum absolute atomic E-state index is 0.0130. The first-order valence-corrected chi connectivity index (χ1v) is 6.66. The Morgan fingerprint density at radius 3 is 2.58 bits per heavy atom. The monoisotopic (exact) mass is 272 g/mol. The smallest absolute Gasteiger partial charge is 0.245 e. The lowest BCUT2D eigenvalue weighted by molar-refractivity contribution is -0.150. The van der Waals surface area contributed by atoms with E-state index < -0.39 is 6.04 Å². The second-order valence-electron chi connectivity index (χ2n) is 5.40. The van der Waals surface area contributed by atoms with E-state index in [0.29, 0.717) is 13.2 Å². The molecular formula is C13H24N2O4. The molecule has 1 aliphatic heterocycles. The maximum Gasteiger partial charge on any atom is 0.245 e. The molecule has 0 spiro atoms. The Labute approximate surface area is 114 Å². The Bertz CT molecular complexity index is 333. The zero-order valence-electron chi connectivity index (χ0n) is 12.0. The van der Waals surface area contributed by atoms with Crippen LogP contribution in [-0.2, 0) is 14.3 Å². The Morgan fingerprint density at radius 2 is 2.11 bits per heavy atom. The molecule has 0 saturated carbocycles. The fourth-order valence-corrected chi connectivity index (χ4v) is 2.15. The van der Waals surface area contributed by atoms with Gasteiger partial charge in [0.1, 0.15) is 6.04 Å². The van der Waals surface area contributed by atoms with Gasteiger partial charge in [-0.3, -0.25) is 9.59 Å². The van der Waals surface area contributed by atoms with Crippen molar-refractivity contribution in [3.63, 3.8) is 0 Å². The van der Waals surface area contributed by atoms with Crippen molar-refractivity contribution < 1.29 is 19.4 Å². The molecule has 1 saturated heterocycles. The predicted octanol–water partition coefficient (Wildman–Crippen LogP) is -0.245. The predicted molar refractivity (Wildman–Crippen MR) is 70.4 cm³/mol. The number of carbonyl (C=O) groups excluding carboxylic acids is 2. The van der Waals surface area contributed by atoms with E-state index in [1.165, 1.54) is 6.92 Å². The third-order valence-electron chi connectivity index (χ3n) is 3.28. The van der Waals surface area contributed by atoms with Gasteiger partial charge >= 0.3 is 0 Å². The lowest BCUT2D eigenvalue weighted by Crippen LogP contribution is -2.58. The molecule has 0 aromatic rings. The van der Waals surface area contributed by atoms with Crippen LogP contribution in [0.25, 0.3) is 0 Å². The van der Waals surface area contributed by atoms with E-state index in [4.69, 9.17) is 9.84 Å². The largest absolute Gasteiger partial charge is 0.394 e. The van der Waals surface area contributed by atoms with E-state index in [2.05, 4.69) is 5.32 Å². The summed E-state index contributed by atoms with van der Waals surface area (Å²) < 4.78 is 5.41. The lowest BCUT2D eigenvalue weighted by atomic mass is 10.0. The molecule has 6 nitrogen and oxygen atoms in total. The van der Waals surface area contributed by atoms with Gasteiger partial charge in [0.2, 0.25) is 11.8 Å². The topological polar surface area (TPSA) is 78.9 Å². The van der Waals surface area contributed by atoms with E-state index in [9.17, 15) is 9.59 Å². The standard InChI is InChI=1S/C13H24N2O4/c1-8(2)12(14-10(4)17)13(18)15-5-11(6-16)19-7-9(15)3/h8-9,11-12,16H,5-7H2,1-4H3,(H,14,17). The maximum absolute atomic E-state index is 12.5. The van der Waals surface area contributed by atoms with Crippen molar-refractivity contribution >= 4 is 11.8 Å². The summed E-state index contributed by atoms with van der Waals surface area (Å²) in [5.41, 5.74) is 0. The Morgan fingerprint density at radius 1 is 1.47 bits per heavy atom. The van der Waals surface area contributed by atoms with Crippen LogP contribution in [0.2, 0.25) is 0 Å². The molecular weight excluding hydrogens is 248 g/mol. The van der Waals surface area contributed by atoms with Gasteiger partial charge in [0.15, 0.2) is 0 Å². The minimum atomic E-state index is -0.530. The van der Waals surface area contributed by atoms with Crippen LogP contribution >= 0.6 is 0 Å². The van der Waals surface area contributed by atoms with Gasteiger partial charge in [-0.1, -0.05) is 13.8 Å². The first-order chi connectivity index (χ1) is 8.86. The number of amides is 2. The van der Waals surface area contributed by atoms with E-state index in [1.807, 2.05) is 20.8 Å². The van der Waals surface area contributed by atoms with Crippen LogP contribution in [0.4, 0.5) is 0 Å². The van der Waals surface area contributed by atoms with Crippen LogP contribution < -0.4 is 5.32 Å². The summed E-state index contributed by atoms with van der Waals surface area (Å²) in [6.45, 7) is 7.75. The highest BCUT2D eigenvalue weighted by molar-refractivity contribution is 5.87. The van der Waals surface area contributed by atoms with Gasteiger partial charge in [-0.2, -0.15) is 0 Å². The molecule has 3 unspecified atom stereocenters. The summed E-state index contributed by atoms with van der Waals surface area (Å²) in [4.78, 5) is 25.4. The van der Waals surface area contributed by atoms with Crippen molar-refractivity contribution in [3.8, 4) is 0 Å². The Hall–Kier alpha value is -1.14. The summed E-state index contributed by atoms with van der Waals surface area (Å²) in [5, 5.41) is 11.8. The second kappa shape index (κ2) is 6.86. The van der Waals surface area contributed by atoms with Gasteiger partial charge in [-0.05, 0) is 12.8 Å². The van der Waals surface area contributed by atoms with Gasteiger partial charge < -0.3 is 20.1 Å². The number of ether oxygens (including phenoxy) is 1. The highest BCUT2D eigenvalue weighted by Crippen LogP contribution is 2.15. The van der Waals surface area contributed by atoms with Crippen LogP contribution in [0.1, 0.15) is 27.7 Å². The fraction of sp³-hybridized carbons (Fsp3) is 0.846. The number of carbonyl (C=O) groups is 2. The van der Waals surface area contributed by atoms with Crippen molar-refractivity contribution in [2.24, 2.45) is 5.92 Å². The number of aliphatic hydroxyl groups is 1. The highest BCUT2D eigenvalue weighted by atomic mass is 16.5. The van der Waals surface area contributed by atoms with E-state index in [-0.39, 0.29) is 36.5 Å². The number of rotatable bonds is 4. The maximum atomic E-state index is 12.5. The molecule has 1 heterocycles. The lowest BCUT2D eigenvalue weighted by Gasteiger charge is -2.39. The molecule has 2 amide bonds. The normalized spacial score (nSPS) is 25.3. The van der Waals surface area contributed by atoms with Gasteiger partial charge in [0.25, 0.3) is 0 Å². The third-order valence-corrected chi connectivity index (χ3v) is 3.28. The first kappa shape index (κ1) is 15.9. The molecule has 1 fully saturated rings. The molecule has 19 heavy (non-hydrogen) atoms. The van der Waals surface area contributed by atoms with Crippen molar-refractivity contribution in [2.45, 2.75) is 45.9 Å². The van der Waals surface area contributed by atoms with Crippen LogP contribution in [0, 0.1) is 5.92 Å². The van der Waals surface area contributed by atoms with E-state index in [1.54, 1.807) is 4.90 Å². The molecule has 110 valence electrons.